The van der Waals surface area contributed by atoms with E-state index in [0.717, 1.165) is 12.8 Å². The Morgan fingerprint density at radius 2 is 1.52 bits per heavy atom. The van der Waals surface area contributed by atoms with E-state index in [1.165, 1.54) is 5.56 Å². The van der Waals surface area contributed by atoms with Gasteiger partial charge in [-0.3, -0.25) is 0 Å². The molecule has 4 heteroatoms. The zero-order chi connectivity index (χ0) is 14.7. The summed E-state index contributed by atoms with van der Waals surface area (Å²) in [5, 5.41) is 3.71. The van der Waals surface area contributed by atoms with Crippen molar-refractivity contribution < 1.29 is 7.67 Å². The van der Waals surface area contributed by atoms with Gasteiger partial charge >= 0.3 is 127 Å². The third-order valence-electron chi connectivity index (χ3n) is 3.97. The summed E-state index contributed by atoms with van der Waals surface area (Å²) >= 11 is -4.03. The van der Waals surface area contributed by atoms with Gasteiger partial charge in [-0.1, -0.05) is 0 Å². The molecule has 2 aromatic carbocycles. The molecule has 1 aliphatic rings. The molecule has 2 aromatic rings. The molecule has 2 atom stereocenters. The molecule has 1 aliphatic heterocycles. The van der Waals surface area contributed by atoms with Crippen molar-refractivity contribution >= 4 is 17.2 Å². The van der Waals surface area contributed by atoms with Gasteiger partial charge < -0.3 is 0 Å². The molecule has 21 heavy (non-hydrogen) atoms. The first-order valence-electron chi connectivity index (χ1n) is 7.24. The summed E-state index contributed by atoms with van der Waals surface area (Å²) in [5.74, 6) is 0. The van der Waals surface area contributed by atoms with Crippen molar-refractivity contribution in [2.75, 3.05) is 0 Å². The molecular weight excluding hydrogens is 329 g/mol. The van der Waals surface area contributed by atoms with Crippen LogP contribution in [-0.4, -0.2) is 18.8 Å². The van der Waals surface area contributed by atoms with E-state index >= 15 is 0 Å². The van der Waals surface area contributed by atoms with Crippen molar-refractivity contribution in [3.63, 3.8) is 0 Å². The quantitative estimate of drug-likeness (QED) is 0.865. The maximum atomic E-state index is 12.5. The summed E-state index contributed by atoms with van der Waals surface area (Å²) in [4.78, 5) is 0. The molecule has 0 amide bonds. The van der Waals surface area contributed by atoms with Crippen LogP contribution in [0.5, 0.6) is 0 Å². The molecule has 3 rings (SSSR count). The normalized spacial score (nSPS) is 22.3. The average molecular weight is 348 g/mol. The van der Waals surface area contributed by atoms with Gasteiger partial charge in [-0.25, -0.2) is 0 Å². The van der Waals surface area contributed by atoms with E-state index in [-0.39, 0.29) is 17.4 Å². The van der Waals surface area contributed by atoms with Crippen molar-refractivity contribution in [2.45, 2.75) is 30.2 Å². The molecule has 1 fully saturated rings. The molecule has 1 heterocycles. The fraction of sp³-hybridized carbons (Fsp3) is 0.294. The van der Waals surface area contributed by atoms with Crippen LogP contribution in [0, 0.1) is 0 Å². The van der Waals surface area contributed by atoms with Crippen molar-refractivity contribution in [2.24, 2.45) is 0 Å². The Morgan fingerprint density at radius 1 is 0.905 bits per heavy atom. The molecule has 1 N–H and O–H groups in total. The van der Waals surface area contributed by atoms with Crippen molar-refractivity contribution in [1.29, 1.82) is 0 Å². The minimum atomic E-state index is -4.03. The second kappa shape index (κ2) is 6.10. The molecule has 0 bridgehead atoms. The van der Waals surface area contributed by atoms with Gasteiger partial charge in [0.05, 0.1) is 0 Å². The number of hydrogen-bond acceptors (Lipinski definition) is 3. The molecule has 0 radical (unpaired) electrons. The Morgan fingerprint density at radius 3 is 2.19 bits per heavy atom. The Hall–Kier alpha value is -1.48. The Kier molecular flexibility index (Phi) is 4.20. The van der Waals surface area contributed by atoms with Gasteiger partial charge in [-0.15, -0.1) is 0 Å². The first kappa shape index (κ1) is 14.5. The van der Waals surface area contributed by atoms with Crippen LogP contribution < -0.4 is 9.78 Å². The van der Waals surface area contributed by atoms with Gasteiger partial charge in [0.1, 0.15) is 0 Å². The third kappa shape index (κ3) is 3.41. The molecule has 3 nitrogen and oxygen atoms in total. The number of nitrogens with one attached hydrogen (secondary N) is 1. The van der Waals surface area contributed by atoms with Crippen LogP contribution in [0.15, 0.2) is 60.7 Å². The zero-order valence-corrected chi connectivity index (χ0v) is 13.5. The molecule has 0 saturated carbocycles. The first-order valence-corrected chi connectivity index (χ1v) is 10.7. The molecule has 0 aromatic heterocycles. The van der Waals surface area contributed by atoms with Crippen LogP contribution >= 0.6 is 0 Å². The molecule has 110 valence electrons. The zero-order valence-electron chi connectivity index (χ0n) is 11.8. The SMILES string of the molecule is O=[Se](=O)(C[C@@H]1CC[C@@H](c2ccccc2)N1)c1ccccc1. The van der Waals surface area contributed by atoms with Gasteiger partial charge in [0.2, 0.25) is 0 Å². The first-order chi connectivity index (χ1) is 10.1. The Bertz CT molecular complexity index is 683. The predicted molar refractivity (Wildman–Crippen MR) is 83.4 cm³/mol. The van der Waals surface area contributed by atoms with Crippen molar-refractivity contribution in [3.05, 3.63) is 66.2 Å². The number of benzene rings is 2. The van der Waals surface area contributed by atoms with Crippen LogP contribution in [0.2, 0.25) is 5.32 Å². The van der Waals surface area contributed by atoms with Gasteiger partial charge in [-0.2, -0.15) is 0 Å². The molecule has 1 saturated heterocycles. The predicted octanol–water partition coefficient (Wildman–Crippen LogP) is 2.69. The van der Waals surface area contributed by atoms with E-state index in [9.17, 15) is 7.67 Å². The van der Waals surface area contributed by atoms with Gasteiger partial charge in [0, 0.05) is 0 Å². The summed E-state index contributed by atoms with van der Waals surface area (Å²) in [5.41, 5.74) is 1.24. The Balaban J connectivity index is 1.68. The van der Waals surface area contributed by atoms with E-state index in [1.54, 1.807) is 24.3 Å². The standard InChI is InChI=1S/C17H19NO2Se/c19-21(20,16-9-5-2-6-10-16)13-15-11-12-17(18-15)14-7-3-1-4-8-14/h1-10,15,17-18H,11-13H2/t15-,17-/m0/s1. The van der Waals surface area contributed by atoms with Crippen LogP contribution in [-0.2, 0) is 7.67 Å². The maximum absolute atomic E-state index is 12.5. The van der Waals surface area contributed by atoms with E-state index in [1.807, 2.05) is 24.3 Å². The third-order valence-corrected chi connectivity index (χ3v) is 7.81. The van der Waals surface area contributed by atoms with Crippen LogP contribution in [0.3, 0.4) is 0 Å². The van der Waals surface area contributed by atoms with E-state index < -0.39 is 12.7 Å². The van der Waals surface area contributed by atoms with Crippen molar-refractivity contribution in [3.8, 4) is 0 Å². The second-order valence-corrected chi connectivity index (χ2v) is 9.77. The summed E-state index contributed by atoms with van der Waals surface area (Å²) in [6, 6.07) is 19.4. The van der Waals surface area contributed by atoms with E-state index in [4.69, 9.17) is 0 Å². The fourth-order valence-corrected chi connectivity index (χ4v) is 6.15. The summed E-state index contributed by atoms with van der Waals surface area (Å²) in [7, 11) is 0. The Labute approximate surface area is 127 Å². The molecule has 0 aliphatic carbocycles. The van der Waals surface area contributed by atoms with Crippen LogP contribution in [0.25, 0.3) is 0 Å². The topological polar surface area (TPSA) is 46.2 Å². The van der Waals surface area contributed by atoms with Gasteiger partial charge in [-0.05, 0) is 0 Å². The van der Waals surface area contributed by atoms with Gasteiger partial charge in [0.25, 0.3) is 0 Å². The van der Waals surface area contributed by atoms with Crippen molar-refractivity contribution in [1.82, 2.24) is 5.32 Å². The van der Waals surface area contributed by atoms with Crippen LogP contribution in [0.1, 0.15) is 24.4 Å². The molecule has 0 spiro atoms. The number of hydrogen-bond donors (Lipinski definition) is 1. The van der Waals surface area contributed by atoms with E-state index in [0.29, 0.717) is 4.46 Å². The van der Waals surface area contributed by atoms with E-state index in [2.05, 4.69) is 17.4 Å². The minimum absolute atomic E-state index is 0.0606. The summed E-state index contributed by atoms with van der Waals surface area (Å²) in [6.45, 7) is 0. The average Bonchev–Trinajstić information content (AvgIpc) is 2.97. The van der Waals surface area contributed by atoms with Crippen LogP contribution in [0.4, 0.5) is 0 Å². The number of rotatable bonds is 4. The summed E-state index contributed by atoms with van der Waals surface area (Å²) in [6.07, 6.45) is 1.91. The molecule has 0 unspecified atom stereocenters. The second-order valence-electron chi connectivity index (χ2n) is 5.50. The molecular formula is C17H19NO2Se. The fourth-order valence-electron chi connectivity index (χ4n) is 2.89. The van der Waals surface area contributed by atoms with Gasteiger partial charge in [0.15, 0.2) is 0 Å². The monoisotopic (exact) mass is 349 g/mol. The summed E-state index contributed by atoms with van der Waals surface area (Å²) < 4.78 is 25.4.